The molecule has 4 rings (SSSR count). The minimum atomic E-state index is -0.363. The second kappa shape index (κ2) is 8.05. The summed E-state index contributed by atoms with van der Waals surface area (Å²) in [4.78, 5) is 21.7. The Labute approximate surface area is 166 Å². The molecule has 6 heteroatoms. The van der Waals surface area contributed by atoms with E-state index in [0.717, 1.165) is 69.1 Å². The monoisotopic (exact) mass is 382 g/mol. The highest BCUT2D eigenvalue weighted by Gasteiger charge is 2.40. The van der Waals surface area contributed by atoms with Crippen LogP contribution in [0.15, 0.2) is 40.9 Å². The molecule has 2 aromatic rings. The van der Waals surface area contributed by atoms with Crippen molar-refractivity contribution < 1.29 is 9.21 Å². The van der Waals surface area contributed by atoms with Crippen LogP contribution in [0.4, 0.5) is 0 Å². The van der Waals surface area contributed by atoms with Gasteiger partial charge in [0.05, 0.1) is 18.7 Å². The fraction of sp³-hybridized carbons (Fsp3) is 0.545. The molecule has 1 aliphatic heterocycles. The fourth-order valence-electron chi connectivity index (χ4n) is 4.42. The van der Waals surface area contributed by atoms with Gasteiger partial charge in [0.2, 0.25) is 11.8 Å². The first-order valence-electron chi connectivity index (χ1n) is 10.3. The van der Waals surface area contributed by atoms with Gasteiger partial charge in [0.15, 0.2) is 5.76 Å². The van der Waals surface area contributed by atoms with Crippen molar-refractivity contribution in [3.05, 3.63) is 42.4 Å². The number of rotatable bonds is 4. The molecule has 1 amide bonds. The quantitative estimate of drug-likeness (QED) is 0.880. The summed E-state index contributed by atoms with van der Waals surface area (Å²) >= 11 is 0. The molecule has 2 unspecified atom stereocenters. The number of carbonyl (C=O) groups is 1. The lowest BCUT2D eigenvalue weighted by Crippen LogP contribution is -2.57. The molecule has 1 saturated heterocycles. The van der Waals surface area contributed by atoms with E-state index >= 15 is 0 Å². The van der Waals surface area contributed by atoms with E-state index < -0.39 is 0 Å². The van der Waals surface area contributed by atoms with Gasteiger partial charge in [-0.3, -0.25) is 9.69 Å². The number of piperazine rings is 1. The molecule has 2 atom stereocenters. The van der Waals surface area contributed by atoms with Crippen molar-refractivity contribution >= 4 is 5.91 Å². The molecule has 1 aromatic heterocycles. The van der Waals surface area contributed by atoms with Crippen LogP contribution in [-0.2, 0) is 11.3 Å². The van der Waals surface area contributed by atoms with Gasteiger partial charge in [0, 0.05) is 37.3 Å². The lowest BCUT2D eigenvalue weighted by atomic mass is 9.74. The van der Waals surface area contributed by atoms with Gasteiger partial charge in [-0.25, -0.2) is 4.98 Å². The zero-order valence-electron chi connectivity index (χ0n) is 16.6. The third-order valence-electron chi connectivity index (χ3n) is 6.21. The van der Waals surface area contributed by atoms with Crippen LogP contribution in [0.1, 0.15) is 38.5 Å². The van der Waals surface area contributed by atoms with Crippen molar-refractivity contribution in [1.29, 1.82) is 0 Å². The van der Waals surface area contributed by atoms with Crippen LogP contribution in [0, 0.1) is 5.92 Å². The van der Waals surface area contributed by atoms with Crippen molar-refractivity contribution in [2.24, 2.45) is 11.7 Å². The predicted octanol–water partition coefficient (Wildman–Crippen LogP) is 2.89. The van der Waals surface area contributed by atoms with Crippen molar-refractivity contribution in [3.63, 3.8) is 0 Å². The van der Waals surface area contributed by atoms with Gasteiger partial charge in [0.1, 0.15) is 0 Å². The zero-order chi connectivity index (χ0) is 19.6. The largest absolute Gasteiger partial charge is 0.439 e. The number of oxazole rings is 1. The minimum absolute atomic E-state index is 0.0343. The molecule has 0 spiro atoms. The average Bonchev–Trinajstić information content (AvgIpc) is 3.17. The van der Waals surface area contributed by atoms with Crippen molar-refractivity contribution in [2.75, 3.05) is 26.2 Å². The smallest absolute Gasteiger partial charge is 0.227 e. The number of nitrogens with zero attached hydrogens (tertiary/aromatic N) is 3. The van der Waals surface area contributed by atoms with Gasteiger partial charge >= 0.3 is 0 Å². The summed E-state index contributed by atoms with van der Waals surface area (Å²) in [5.74, 6) is 1.73. The first-order valence-corrected chi connectivity index (χ1v) is 10.3. The van der Waals surface area contributed by atoms with Crippen LogP contribution >= 0.6 is 0 Å². The molecule has 28 heavy (non-hydrogen) atoms. The summed E-state index contributed by atoms with van der Waals surface area (Å²) < 4.78 is 5.92. The molecule has 2 heterocycles. The zero-order valence-corrected chi connectivity index (χ0v) is 16.6. The average molecular weight is 383 g/mol. The minimum Gasteiger partial charge on any atom is -0.439 e. The summed E-state index contributed by atoms with van der Waals surface area (Å²) in [6, 6.07) is 10.0. The molecule has 1 aliphatic carbocycles. The van der Waals surface area contributed by atoms with Crippen LogP contribution in [0.2, 0.25) is 0 Å². The lowest BCUT2D eigenvalue weighted by Gasteiger charge is -2.42. The summed E-state index contributed by atoms with van der Waals surface area (Å²) in [6.07, 6.45) is 5.89. The standard InChI is InChI=1S/C22H30N4O2/c1-22(23)10-6-5-9-18(22)21(27)26-13-11-25(12-14-26)16-20-24-15-19(28-20)17-7-3-2-4-8-17/h2-4,7-8,15,18H,5-6,9-14,16,23H2,1H3. The molecule has 2 aliphatic rings. The van der Waals surface area contributed by atoms with E-state index in [9.17, 15) is 4.79 Å². The number of hydrogen-bond donors (Lipinski definition) is 1. The molecule has 1 aromatic carbocycles. The molecule has 0 radical (unpaired) electrons. The third-order valence-corrected chi connectivity index (χ3v) is 6.21. The van der Waals surface area contributed by atoms with E-state index in [2.05, 4.69) is 9.88 Å². The number of carbonyl (C=O) groups excluding carboxylic acids is 1. The van der Waals surface area contributed by atoms with E-state index in [0.29, 0.717) is 6.54 Å². The predicted molar refractivity (Wildman–Crippen MR) is 108 cm³/mol. The van der Waals surface area contributed by atoms with Gasteiger partial charge in [-0.05, 0) is 19.8 Å². The molecular formula is C22H30N4O2. The molecule has 0 bridgehead atoms. The summed E-state index contributed by atoms with van der Waals surface area (Å²) in [5.41, 5.74) is 7.10. The molecular weight excluding hydrogens is 352 g/mol. The highest BCUT2D eigenvalue weighted by atomic mass is 16.4. The Balaban J connectivity index is 1.31. The Kier molecular flexibility index (Phi) is 5.51. The Bertz CT molecular complexity index is 794. The Hall–Kier alpha value is -2.18. The topological polar surface area (TPSA) is 75.6 Å². The number of hydrogen-bond acceptors (Lipinski definition) is 5. The highest BCUT2D eigenvalue weighted by molar-refractivity contribution is 5.80. The van der Waals surface area contributed by atoms with Crippen molar-refractivity contribution in [1.82, 2.24) is 14.8 Å². The van der Waals surface area contributed by atoms with Crippen LogP contribution in [0.25, 0.3) is 11.3 Å². The van der Waals surface area contributed by atoms with E-state index in [-0.39, 0.29) is 17.4 Å². The van der Waals surface area contributed by atoms with E-state index in [1.807, 2.05) is 42.2 Å². The second-order valence-corrected chi connectivity index (χ2v) is 8.39. The third kappa shape index (κ3) is 4.13. The van der Waals surface area contributed by atoms with Gasteiger partial charge < -0.3 is 15.1 Å². The van der Waals surface area contributed by atoms with E-state index in [1.165, 1.54) is 0 Å². The molecule has 2 N–H and O–H groups in total. The maximum absolute atomic E-state index is 13.0. The van der Waals surface area contributed by atoms with Crippen molar-refractivity contribution in [3.8, 4) is 11.3 Å². The first kappa shape index (κ1) is 19.2. The Morgan fingerprint density at radius 1 is 1.21 bits per heavy atom. The van der Waals surface area contributed by atoms with Crippen LogP contribution in [-0.4, -0.2) is 52.4 Å². The Morgan fingerprint density at radius 3 is 2.68 bits per heavy atom. The van der Waals surface area contributed by atoms with Crippen LogP contribution in [0.3, 0.4) is 0 Å². The normalized spacial score (nSPS) is 26.4. The van der Waals surface area contributed by atoms with Gasteiger partial charge in [0.25, 0.3) is 0 Å². The van der Waals surface area contributed by atoms with Gasteiger partial charge in [-0.1, -0.05) is 43.2 Å². The SMILES string of the molecule is CC1(N)CCCCC1C(=O)N1CCN(Cc2ncc(-c3ccccc3)o2)CC1. The van der Waals surface area contributed by atoms with Gasteiger partial charge in [-0.2, -0.15) is 0 Å². The molecule has 1 saturated carbocycles. The number of aromatic nitrogens is 1. The summed E-state index contributed by atoms with van der Waals surface area (Å²) in [7, 11) is 0. The number of amides is 1. The lowest BCUT2D eigenvalue weighted by molar-refractivity contribution is -0.140. The van der Waals surface area contributed by atoms with Gasteiger partial charge in [-0.15, -0.1) is 0 Å². The number of benzene rings is 1. The number of nitrogens with two attached hydrogens (primary N) is 1. The fourth-order valence-corrected chi connectivity index (χ4v) is 4.42. The second-order valence-electron chi connectivity index (χ2n) is 8.39. The van der Waals surface area contributed by atoms with Crippen LogP contribution in [0.5, 0.6) is 0 Å². The van der Waals surface area contributed by atoms with Crippen molar-refractivity contribution in [2.45, 2.75) is 44.7 Å². The summed E-state index contributed by atoms with van der Waals surface area (Å²) in [5, 5.41) is 0. The van der Waals surface area contributed by atoms with Crippen LogP contribution < -0.4 is 5.73 Å². The maximum Gasteiger partial charge on any atom is 0.227 e. The Morgan fingerprint density at radius 2 is 1.96 bits per heavy atom. The van der Waals surface area contributed by atoms with E-state index in [1.54, 1.807) is 6.20 Å². The van der Waals surface area contributed by atoms with E-state index in [4.69, 9.17) is 10.2 Å². The molecule has 150 valence electrons. The highest BCUT2D eigenvalue weighted by Crippen LogP contribution is 2.33. The maximum atomic E-state index is 13.0. The first-order chi connectivity index (χ1) is 13.5. The molecule has 6 nitrogen and oxygen atoms in total. The summed E-state index contributed by atoms with van der Waals surface area (Å²) in [6.45, 7) is 5.88. The molecule has 2 fully saturated rings.